The lowest BCUT2D eigenvalue weighted by Crippen LogP contribution is -2.10. The van der Waals surface area contributed by atoms with Crippen LogP contribution in [-0.2, 0) is 19.1 Å². The van der Waals surface area contributed by atoms with Crippen molar-refractivity contribution >= 4 is 55.0 Å². The van der Waals surface area contributed by atoms with Crippen LogP contribution in [0.25, 0.3) is 54.2 Å². The molecule has 0 N–H and O–H groups in total. The zero-order chi connectivity index (χ0) is 29.1. The van der Waals surface area contributed by atoms with Crippen LogP contribution in [0, 0.1) is 0 Å². The summed E-state index contributed by atoms with van der Waals surface area (Å²) in [6.45, 7) is 3.63. The number of hydrogen-bond acceptors (Lipinski definition) is 6. The molecule has 42 heavy (non-hydrogen) atoms. The predicted molar refractivity (Wildman–Crippen MR) is 166 cm³/mol. The standard InChI is InChI=1S/C36H30O6/c1-23(37)39-19-21-41-35-29-15-7-3-11-25(29)33(26-12-4-8-16-30(26)35)34-27-13-5-9-17-31(27)36(42-22-20-40-24(2)38)32-18-10-6-14-28(32)34/h3-18H,19-22H2,1-2H3. The molecule has 6 aromatic rings. The van der Waals surface area contributed by atoms with Crippen LogP contribution in [0.3, 0.4) is 0 Å². The number of rotatable bonds is 9. The molecule has 0 radical (unpaired) electrons. The average molecular weight is 559 g/mol. The van der Waals surface area contributed by atoms with Gasteiger partial charge in [-0.15, -0.1) is 0 Å². The smallest absolute Gasteiger partial charge is 0.302 e. The second-order valence-corrected chi connectivity index (χ2v) is 9.97. The Bertz CT molecular complexity index is 1700. The van der Waals surface area contributed by atoms with E-state index in [0.29, 0.717) is 0 Å². The number of benzene rings is 6. The number of hydrogen-bond donors (Lipinski definition) is 0. The van der Waals surface area contributed by atoms with Gasteiger partial charge in [-0.25, -0.2) is 0 Å². The van der Waals surface area contributed by atoms with Gasteiger partial charge in [0.05, 0.1) is 0 Å². The lowest BCUT2D eigenvalue weighted by Gasteiger charge is -2.22. The van der Waals surface area contributed by atoms with Crippen LogP contribution in [-0.4, -0.2) is 38.4 Å². The minimum Gasteiger partial charge on any atom is -0.489 e. The molecule has 210 valence electrons. The normalized spacial score (nSPS) is 11.2. The third-order valence-corrected chi connectivity index (χ3v) is 7.28. The van der Waals surface area contributed by atoms with E-state index in [9.17, 15) is 9.59 Å². The highest BCUT2D eigenvalue weighted by molar-refractivity contribution is 6.26. The van der Waals surface area contributed by atoms with Crippen LogP contribution in [0.4, 0.5) is 0 Å². The van der Waals surface area contributed by atoms with E-state index in [1.807, 2.05) is 48.5 Å². The highest BCUT2D eigenvalue weighted by atomic mass is 16.6. The second-order valence-electron chi connectivity index (χ2n) is 9.97. The van der Waals surface area contributed by atoms with Crippen molar-refractivity contribution in [3.05, 3.63) is 97.1 Å². The summed E-state index contributed by atoms with van der Waals surface area (Å²) in [5, 5.41) is 8.12. The number of carbonyl (C=O) groups is 2. The van der Waals surface area contributed by atoms with Crippen molar-refractivity contribution < 1.29 is 28.5 Å². The molecule has 0 heterocycles. The molecule has 0 aliphatic carbocycles. The minimum absolute atomic E-state index is 0.175. The van der Waals surface area contributed by atoms with Crippen LogP contribution >= 0.6 is 0 Å². The lowest BCUT2D eigenvalue weighted by atomic mass is 9.85. The van der Waals surface area contributed by atoms with Gasteiger partial charge in [0.25, 0.3) is 0 Å². The van der Waals surface area contributed by atoms with Crippen LogP contribution in [0.15, 0.2) is 97.1 Å². The van der Waals surface area contributed by atoms with Gasteiger partial charge in [0.1, 0.15) is 37.9 Å². The Morgan fingerprint density at radius 1 is 0.429 bits per heavy atom. The Kier molecular flexibility index (Phi) is 7.60. The number of carbonyl (C=O) groups excluding carboxylic acids is 2. The van der Waals surface area contributed by atoms with Crippen molar-refractivity contribution in [2.75, 3.05) is 26.4 Å². The third-order valence-electron chi connectivity index (χ3n) is 7.28. The van der Waals surface area contributed by atoms with E-state index in [0.717, 1.165) is 65.7 Å². The molecule has 0 spiro atoms. The molecule has 0 unspecified atom stereocenters. The molecule has 0 saturated carbocycles. The highest BCUT2D eigenvalue weighted by Crippen LogP contribution is 2.49. The Hall–Kier alpha value is -5.10. The van der Waals surface area contributed by atoms with E-state index in [1.54, 1.807) is 0 Å². The van der Waals surface area contributed by atoms with E-state index >= 15 is 0 Å². The maximum absolute atomic E-state index is 11.3. The largest absolute Gasteiger partial charge is 0.489 e. The van der Waals surface area contributed by atoms with Crippen molar-refractivity contribution in [2.45, 2.75) is 13.8 Å². The monoisotopic (exact) mass is 558 g/mol. The molecule has 6 rings (SSSR count). The van der Waals surface area contributed by atoms with Crippen LogP contribution in [0.2, 0.25) is 0 Å². The van der Waals surface area contributed by atoms with E-state index < -0.39 is 0 Å². The molecular weight excluding hydrogens is 528 g/mol. The Balaban J connectivity index is 1.62. The molecule has 6 heteroatoms. The number of ether oxygens (including phenoxy) is 4. The van der Waals surface area contributed by atoms with Crippen molar-refractivity contribution in [2.24, 2.45) is 0 Å². The first-order valence-electron chi connectivity index (χ1n) is 13.9. The van der Waals surface area contributed by atoms with Gasteiger partial charge in [-0.2, -0.15) is 0 Å². The molecule has 0 amide bonds. The molecule has 6 aromatic carbocycles. The summed E-state index contributed by atoms with van der Waals surface area (Å²) in [7, 11) is 0. The molecule has 0 aliphatic rings. The van der Waals surface area contributed by atoms with Gasteiger partial charge in [-0.05, 0) is 32.7 Å². The summed E-state index contributed by atoms with van der Waals surface area (Å²) in [6.07, 6.45) is 0. The van der Waals surface area contributed by atoms with E-state index in [4.69, 9.17) is 18.9 Å². The molecule has 0 bridgehead atoms. The van der Waals surface area contributed by atoms with Gasteiger partial charge in [0, 0.05) is 35.4 Å². The van der Waals surface area contributed by atoms with E-state index in [-0.39, 0.29) is 38.4 Å². The quantitative estimate of drug-likeness (QED) is 0.102. The van der Waals surface area contributed by atoms with Gasteiger partial charge < -0.3 is 18.9 Å². The average Bonchev–Trinajstić information content (AvgIpc) is 3.00. The molecule has 6 nitrogen and oxygen atoms in total. The van der Waals surface area contributed by atoms with E-state index in [1.165, 1.54) is 13.8 Å². The Morgan fingerprint density at radius 3 is 0.952 bits per heavy atom. The fraction of sp³-hybridized carbons (Fsp3) is 0.167. The minimum atomic E-state index is -0.332. The van der Waals surface area contributed by atoms with Crippen LogP contribution in [0.5, 0.6) is 11.5 Å². The fourth-order valence-electron chi connectivity index (χ4n) is 5.68. The molecule has 0 aromatic heterocycles. The van der Waals surface area contributed by atoms with Gasteiger partial charge >= 0.3 is 11.9 Å². The Labute approximate surface area is 243 Å². The zero-order valence-corrected chi connectivity index (χ0v) is 23.5. The first-order valence-corrected chi connectivity index (χ1v) is 13.9. The van der Waals surface area contributed by atoms with Crippen molar-refractivity contribution in [3.8, 4) is 22.6 Å². The van der Waals surface area contributed by atoms with Crippen molar-refractivity contribution in [3.63, 3.8) is 0 Å². The summed E-state index contributed by atoms with van der Waals surface area (Å²) in [5.74, 6) is 0.856. The molecule has 0 aliphatic heterocycles. The van der Waals surface area contributed by atoms with Crippen LogP contribution in [0.1, 0.15) is 13.8 Å². The summed E-state index contributed by atoms with van der Waals surface area (Å²) >= 11 is 0. The van der Waals surface area contributed by atoms with Gasteiger partial charge in [-0.3, -0.25) is 9.59 Å². The van der Waals surface area contributed by atoms with Gasteiger partial charge in [0.2, 0.25) is 0 Å². The summed E-state index contributed by atoms with van der Waals surface area (Å²) < 4.78 is 22.9. The number of esters is 2. The van der Waals surface area contributed by atoms with Gasteiger partial charge in [-0.1, -0.05) is 97.1 Å². The molecular formula is C36H30O6. The van der Waals surface area contributed by atoms with Crippen molar-refractivity contribution in [1.29, 1.82) is 0 Å². The highest BCUT2D eigenvalue weighted by Gasteiger charge is 2.22. The summed E-state index contributed by atoms with van der Waals surface area (Å²) in [4.78, 5) is 22.6. The predicted octanol–water partition coefficient (Wildman–Crippen LogP) is 7.85. The zero-order valence-electron chi connectivity index (χ0n) is 23.5. The van der Waals surface area contributed by atoms with Crippen LogP contribution < -0.4 is 9.47 Å². The van der Waals surface area contributed by atoms with Gasteiger partial charge in [0.15, 0.2) is 0 Å². The SMILES string of the molecule is CC(=O)OCCOc1c2ccccc2c(-c2c3ccccc3c(OCCOC(C)=O)c3ccccc23)c2ccccc12. The molecule has 0 saturated heterocycles. The summed E-state index contributed by atoms with van der Waals surface area (Å²) in [6, 6.07) is 33.0. The fourth-order valence-corrected chi connectivity index (χ4v) is 5.68. The third kappa shape index (κ3) is 5.07. The number of fused-ring (bicyclic) bond motifs is 4. The first kappa shape index (κ1) is 27.1. The van der Waals surface area contributed by atoms with Crippen molar-refractivity contribution in [1.82, 2.24) is 0 Å². The molecule has 0 fully saturated rings. The topological polar surface area (TPSA) is 71.1 Å². The maximum atomic E-state index is 11.3. The van der Waals surface area contributed by atoms with E-state index in [2.05, 4.69) is 48.5 Å². The maximum Gasteiger partial charge on any atom is 0.302 e. The summed E-state index contributed by atoms with van der Waals surface area (Å²) in [5.41, 5.74) is 2.21. The first-order chi connectivity index (χ1) is 20.5. The Morgan fingerprint density at radius 2 is 0.690 bits per heavy atom. The lowest BCUT2D eigenvalue weighted by molar-refractivity contribution is -0.142. The second kappa shape index (κ2) is 11.8. The molecule has 0 atom stereocenters.